The summed E-state index contributed by atoms with van der Waals surface area (Å²) >= 11 is 0. The fourth-order valence-corrected chi connectivity index (χ4v) is 7.40. The van der Waals surface area contributed by atoms with Crippen LogP contribution >= 0.6 is 7.82 Å². The number of nitrogens with two attached hydrogens (primary N) is 1. The molecule has 0 aromatic carbocycles. The molecule has 0 aromatic heterocycles. The third-order valence-electron chi connectivity index (χ3n) is 9.99. The summed E-state index contributed by atoms with van der Waals surface area (Å²) in [4.78, 5) is 34.8. The van der Waals surface area contributed by atoms with E-state index in [2.05, 4.69) is 13.8 Å². The normalized spacial score (nSPS) is 13.2. The first kappa shape index (κ1) is 52.0. The molecule has 0 rings (SSSR count). The van der Waals surface area contributed by atoms with Crippen molar-refractivity contribution in [2.24, 2.45) is 5.73 Å². The molecule has 2 atom stereocenters. The molecule has 0 fully saturated rings. The van der Waals surface area contributed by atoms with Gasteiger partial charge in [-0.25, -0.2) is 4.57 Å². The van der Waals surface area contributed by atoms with E-state index in [1.165, 1.54) is 167 Å². The Kier molecular flexibility index (Phi) is 39.9. The fraction of sp³-hybridized carbons (Fsp3) is 0.953. The Morgan fingerprint density at radius 3 is 1.15 bits per heavy atom. The standard InChI is InChI=1S/C43H86NO8P/c1-3-5-7-9-11-13-15-16-17-18-19-20-21-22-23-24-26-27-29-31-33-35-42(45)49-39-41(40-51-53(47,48)50-38-37-44)52-43(46)36-34-32-30-28-25-14-12-10-8-6-4-2/h41H,3-40,44H2,1-2H3,(H,47,48). The van der Waals surface area contributed by atoms with Crippen LogP contribution in [0, 0.1) is 0 Å². The summed E-state index contributed by atoms with van der Waals surface area (Å²) in [5, 5.41) is 0. The van der Waals surface area contributed by atoms with Crippen LogP contribution in [0.4, 0.5) is 0 Å². The highest BCUT2D eigenvalue weighted by molar-refractivity contribution is 7.47. The number of ether oxygens (including phenoxy) is 2. The number of esters is 2. The van der Waals surface area contributed by atoms with Crippen LogP contribution in [-0.2, 0) is 32.7 Å². The Balaban J connectivity index is 3.99. The Morgan fingerprint density at radius 2 is 0.811 bits per heavy atom. The molecule has 0 bridgehead atoms. The van der Waals surface area contributed by atoms with Gasteiger partial charge in [0.05, 0.1) is 13.2 Å². The second-order valence-corrected chi connectivity index (χ2v) is 16.7. The van der Waals surface area contributed by atoms with Crippen molar-refractivity contribution in [1.82, 2.24) is 0 Å². The van der Waals surface area contributed by atoms with E-state index in [0.717, 1.165) is 32.1 Å². The molecule has 10 heteroatoms. The summed E-state index contributed by atoms with van der Waals surface area (Å²) in [6.45, 7) is 3.76. The van der Waals surface area contributed by atoms with Crippen molar-refractivity contribution in [1.29, 1.82) is 0 Å². The van der Waals surface area contributed by atoms with Crippen molar-refractivity contribution >= 4 is 19.8 Å². The molecule has 3 N–H and O–H groups in total. The number of rotatable bonds is 43. The van der Waals surface area contributed by atoms with Gasteiger partial charge >= 0.3 is 19.8 Å². The molecule has 0 aliphatic heterocycles. The van der Waals surface area contributed by atoms with Crippen molar-refractivity contribution in [2.45, 2.75) is 238 Å². The first-order valence-corrected chi connectivity index (χ1v) is 24.0. The second kappa shape index (κ2) is 40.7. The molecule has 53 heavy (non-hydrogen) atoms. The molecule has 0 saturated carbocycles. The van der Waals surface area contributed by atoms with E-state index in [4.69, 9.17) is 24.3 Å². The predicted molar refractivity (Wildman–Crippen MR) is 220 cm³/mol. The lowest BCUT2D eigenvalue weighted by Crippen LogP contribution is -2.29. The molecular weight excluding hydrogens is 689 g/mol. The van der Waals surface area contributed by atoms with Crippen LogP contribution in [0.2, 0.25) is 0 Å². The Bertz CT molecular complexity index is 845. The van der Waals surface area contributed by atoms with E-state index < -0.39 is 26.5 Å². The van der Waals surface area contributed by atoms with Crippen LogP contribution in [-0.4, -0.2) is 49.3 Å². The number of carbonyl (C=O) groups excluding carboxylic acids is 2. The third kappa shape index (κ3) is 40.5. The molecule has 0 amide bonds. The Labute approximate surface area is 327 Å². The number of hydrogen-bond acceptors (Lipinski definition) is 8. The maximum Gasteiger partial charge on any atom is 0.472 e. The van der Waals surface area contributed by atoms with Gasteiger partial charge < -0.3 is 20.1 Å². The largest absolute Gasteiger partial charge is 0.472 e. The minimum atomic E-state index is -4.37. The van der Waals surface area contributed by atoms with Gasteiger partial charge in [-0.15, -0.1) is 0 Å². The number of unbranched alkanes of at least 4 members (excludes halogenated alkanes) is 30. The lowest BCUT2D eigenvalue weighted by molar-refractivity contribution is -0.161. The molecule has 0 spiro atoms. The maximum atomic E-state index is 12.5. The highest BCUT2D eigenvalue weighted by Gasteiger charge is 2.26. The molecule has 2 unspecified atom stereocenters. The molecule has 9 nitrogen and oxygen atoms in total. The smallest absolute Gasteiger partial charge is 0.462 e. The monoisotopic (exact) mass is 776 g/mol. The van der Waals surface area contributed by atoms with Crippen molar-refractivity contribution < 1.29 is 37.6 Å². The minimum Gasteiger partial charge on any atom is -0.462 e. The van der Waals surface area contributed by atoms with Crippen LogP contribution in [0.3, 0.4) is 0 Å². The average molecular weight is 776 g/mol. The van der Waals surface area contributed by atoms with Crippen LogP contribution in [0.1, 0.15) is 232 Å². The van der Waals surface area contributed by atoms with Crippen molar-refractivity contribution in [3.63, 3.8) is 0 Å². The van der Waals surface area contributed by atoms with E-state index in [1.54, 1.807) is 0 Å². The van der Waals surface area contributed by atoms with Crippen LogP contribution < -0.4 is 5.73 Å². The lowest BCUT2D eigenvalue weighted by Gasteiger charge is -2.19. The molecule has 0 heterocycles. The van der Waals surface area contributed by atoms with E-state index in [-0.39, 0.29) is 38.6 Å². The molecule has 0 aromatic rings. The van der Waals surface area contributed by atoms with E-state index in [1.807, 2.05) is 0 Å². The SMILES string of the molecule is CCCCCCCCCCCCCCCCCCCCCCCC(=O)OCC(COP(=O)(O)OCCN)OC(=O)CCCCCCCCCCCCC. The molecule has 0 radical (unpaired) electrons. The van der Waals surface area contributed by atoms with Gasteiger partial charge in [0.2, 0.25) is 0 Å². The molecule has 0 aliphatic carbocycles. The van der Waals surface area contributed by atoms with E-state index in [9.17, 15) is 19.0 Å². The van der Waals surface area contributed by atoms with Crippen LogP contribution in [0.15, 0.2) is 0 Å². The molecule has 0 saturated heterocycles. The Hall–Kier alpha value is -0.990. The highest BCUT2D eigenvalue weighted by Crippen LogP contribution is 2.43. The van der Waals surface area contributed by atoms with Gasteiger partial charge in [0, 0.05) is 19.4 Å². The third-order valence-corrected chi connectivity index (χ3v) is 11.0. The number of hydrogen-bond donors (Lipinski definition) is 2. The summed E-state index contributed by atoms with van der Waals surface area (Å²) in [6.07, 6.45) is 40.0. The van der Waals surface area contributed by atoms with Crippen molar-refractivity contribution in [2.75, 3.05) is 26.4 Å². The van der Waals surface area contributed by atoms with E-state index in [0.29, 0.717) is 6.42 Å². The zero-order chi connectivity index (χ0) is 38.9. The first-order chi connectivity index (χ1) is 25.8. The zero-order valence-corrected chi connectivity index (χ0v) is 35.7. The number of phosphoric ester groups is 1. The van der Waals surface area contributed by atoms with Gasteiger partial charge in [0.1, 0.15) is 6.61 Å². The van der Waals surface area contributed by atoms with Gasteiger partial charge in [-0.3, -0.25) is 18.6 Å². The average Bonchev–Trinajstić information content (AvgIpc) is 3.14. The topological polar surface area (TPSA) is 134 Å². The number of carbonyl (C=O) groups is 2. The molecule has 316 valence electrons. The predicted octanol–water partition coefficient (Wildman–Crippen LogP) is 12.8. The minimum absolute atomic E-state index is 0.0580. The van der Waals surface area contributed by atoms with Gasteiger partial charge in [-0.1, -0.05) is 206 Å². The quantitative estimate of drug-likeness (QED) is 0.0352. The fourth-order valence-electron chi connectivity index (χ4n) is 6.64. The highest BCUT2D eigenvalue weighted by atomic mass is 31.2. The van der Waals surface area contributed by atoms with E-state index >= 15 is 0 Å². The number of phosphoric acid groups is 1. The molecular formula is C43H86NO8P. The van der Waals surface area contributed by atoms with Crippen molar-refractivity contribution in [3.8, 4) is 0 Å². The maximum absolute atomic E-state index is 12.5. The summed E-state index contributed by atoms with van der Waals surface area (Å²) in [5.74, 6) is -0.814. The first-order valence-electron chi connectivity index (χ1n) is 22.5. The van der Waals surface area contributed by atoms with Crippen molar-refractivity contribution in [3.05, 3.63) is 0 Å². The van der Waals surface area contributed by atoms with Gasteiger partial charge in [0.15, 0.2) is 6.10 Å². The van der Waals surface area contributed by atoms with Gasteiger partial charge in [0.25, 0.3) is 0 Å². The van der Waals surface area contributed by atoms with Crippen LogP contribution in [0.5, 0.6) is 0 Å². The lowest BCUT2D eigenvalue weighted by atomic mass is 10.0. The summed E-state index contributed by atoms with van der Waals surface area (Å²) in [7, 11) is -4.37. The second-order valence-electron chi connectivity index (χ2n) is 15.3. The zero-order valence-electron chi connectivity index (χ0n) is 34.8. The van der Waals surface area contributed by atoms with Gasteiger partial charge in [-0.2, -0.15) is 0 Å². The summed E-state index contributed by atoms with van der Waals surface area (Å²) in [5.41, 5.74) is 5.34. The Morgan fingerprint density at radius 1 is 0.491 bits per heavy atom. The summed E-state index contributed by atoms with van der Waals surface area (Å²) in [6, 6.07) is 0. The van der Waals surface area contributed by atoms with Crippen LogP contribution in [0.25, 0.3) is 0 Å². The molecule has 0 aliphatic rings. The summed E-state index contributed by atoms with van der Waals surface area (Å²) < 4.78 is 32.8. The van der Waals surface area contributed by atoms with Gasteiger partial charge in [-0.05, 0) is 12.8 Å².